The Morgan fingerprint density at radius 2 is 1.93 bits per heavy atom. The van der Waals surface area contributed by atoms with Crippen LogP contribution in [0, 0.1) is 22.7 Å². The van der Waals surface area contributed by atoms with Gasteiger partial charge < -0.3 is 14.6 Å². The number of thiophene rings is 1. The topological polar surface area (TPSA) is 93.1 Å². The minimum absolute atomic E-state index is 0.0418. The van der Waals surface area contributed by atoms with Crippen LogP contribution in [0.25, 0.3) is 6.08 Å². The molecule has 1 aliphatic heterocycles. The molecular weight excluding hydrogens is 384 g/mol. The molecule has 0 bridgehead atoms. The van der Waals surface area contributed by atoms with Crippen LogP contribution in [-0.2, 0) is 17.6 Å². The summed E-state index contributed by atoms with van der Waals surface area (Å²) in [7, 11) is 0. The molecule has 0 spiro atoms. The first-order chi connectivity index (χ1) is 14.2. The summed E-state index contributed by atoms with van der Waals surface area (Å²) in [6.07, 6.45) is 8.96. The van der Waals surface area contributed by atoms with Gasteiger partial charge in [0.1, 0.15) is 28.5 Å². The molecule has 29 heavy (non-hydrogen) atoms. The first kappa shape index (κ1) is 19.3. The van der Waals surface area contributed by atoms with Crippen LogP contribution < -0.4 is 10.2 Å². The van der Waals surface area contributed by atoms with Crippen molar-refractivity contribution in [2.24, 2.45) is 0 Å². The van der Waals surface area contributed by atoms with E-state index >= 15 is 0 Å². The molecule has 1 amide bonds. The fraction of sp³-hybridized carbons (Fsp3) is 0.409. The summed E-state index contributed by atoms with van der Waals surface area (Å²) < 4.78 is 5.84. The molecule has 1 fully saturated rings. The van der Waals surface area contributed by atoms with Crippen LogP contribution in [0.15, 0.2) is 22.1 Å². The molecule has 4 rings (SSSR count). The highest BCUT2D eigenvalue weighted by atomic mass is 32.1. The lowest BCUT2D eigenvalue weighted by Gasteiger charge is -2.25. The Morgan fingerprint density at radius 1 is 1.14 bits per heavy atom. The Hall–Kier alpha value is -3.03. The number of carbonyl (C=O) groups excluding carboxylic acids is 1. The summed E-state index contributed by atoms with van der Waals surface area (Å²) in [4.78, 5) is 16.0. The van der Waals surface area contributed by atoms with E-state index in [9.17, 15) is 15.3 Å². The van der Waals surface area contributed by atoms with Gasteiger partial charge in [-0.05, 0) is 56.6 Å². The van der Waals surface area contributed by atoms with E-state index < -0.39 is 5.91 Å². The van der Waals surface area contributed by atoms with Crippen LogP contribution in [0.3, 0.4) is 0 Å². The van der Waals surface area contributed by atoms with Gasteiger partial charge in [0.05, 0.1) is 5.56 Å². The fourth-order valence-electron chi connectivity index (χ4n) is 3.94. The van der Waals surface area contributed by atoms with Crippen molar-refractivity contribution in [2.75, 3.05) is 23.3 Å². The van der Waals surface area contributed by atoms with Crippen molar-refractivity contribution < 1.29 is 9.21 Å². The second kappa shape index (κ2) is 8.55. The predicted octanol–water partition coefficient (Wildman–Crippen LogP) is 4.63. The monoisotopic (exact) mass is 406 g/mol. The molecule has 2 aliphatic rings. The Bertz CT molecular complexity index is 1030. The summed E-state index contributed by atoms with van der Waals surface area (Å²) in [5, 5.41) is 22.3. The average Bonchev–Trinajstić information content (AvgIpc) is 3.36. The maximum Gasteiger partial charge on any atom is 0.267 e. The van der Waals surface area contributed by atoms with E-state index in [0.717, 1.165) is 63.1 Å². The number of aryl methyl sites for hydroxylation is 1. The van der Waals surface area contributed by atoms with Crippen molar-refractivity contribution in [3.8, 4) is 12.1 Å². The highest BCUT2D eigenvalue weighted by molar-refractivity contribution is 7.16. The van der Waals surface area contributed by atoms with Crippen molar-refractivity contribution in [3.05, 3.63) is 39.5 Å². The molecule has 148 valence electrons. The number of hydrogen-bond donors (Lipinski definition) is 1. The molecule has 7 heteroatoms. The Kier molecular flexibility index (Phi) is 5.69. The summed E-state index contributed by atoms with van der Waals surface area (Å²) in [5.41, 5.74) is 1.55. The van der Waals surface area contributed by atoms with Crippen LogP contribution in [0.4, 0.5) is 10.9 Å². The summed E-state index contributed by atoms with van der Waals surface area (Å²) >= 11 is 1.45. The Labute approximate surface area is 174 Å². The molecule has 6 nitrogen and oxygen atoms in total. The van der Waals surface area contributed by atoms with Crippen LogP contribution >= 0.6 is 11.3 Å². The smallest absolute Gasteiger partial charge is 0.267 e. The molecule has 0 unspecified atom stereocenters. The molecule has 2 aromatic heterocycles. The maximum atomic E-state index is 12.7. The number of nitrogens with zero attached hydrogens (tertiary/aromatic N) is 3. The fourth-order valence-corrected chi connectivity index (χ4v) is 5.17. The third-order valence-corrected chi connectivity index (χ3v) is 6.65. The number of piperidine rings is 1. The lowest BCUT2D eigenvalue weighted by atomic mass is 9.96. The first-order valence-electron chi connectivity index (χ1n) is 10.0. The van der Waals surface area contributed by atoms with Crippen LogP contribution in [0.5, 0.6) is 0 Å². The molecule has 1 N–H and O–H groups in total. The lowest BCUT2D eigenvalue weighted by Crippen LogP contribution is -2.28. The molecule has 0 radical (unpaired) electrons. The molecular formula is C22H22N4O2S. The van der Waals surface area contributed by atoms with E-state index in [1.807, 2.05) is 12.1 Å². The van der Waals surface area contributed by atoms with Crippen molar-refractivity contribution in [1.29, 1.82) is 10.5 Å². The third-order valence-electron chi connectivity index (χ3n) is 5.44. The Morgan fingerprint density at radius 3 is 2.69 bits per heavy atom. The van der Waals surface area contributed by atoms with Crippen molar-refractivity contribution in [3.63, 3.8) is 0 Å². The van der Waals surface area contributed by atoms with Crippen LogP contribution in [0.2, 0.25) is 0 Å². The van der Waals surface area contributed by atoms with Gasteiger partial charge in [-0.2, -0.15) is 10.5 Å². The third kappa shape index (κ3) is 4.06. The van der Waals surface area contributed by atoms with Gasteiger partial charge in [0.2, 0.25) is 0 Å². The molecule has 1 aliphatic carbocycles. The quantitative estimate of drug-likeness (QED) is 0.590. The minimum Gasteiger partial charge on any atom is -0.441 e. The zero-order chi connectivity index (χ0) is 20.2. The highest BCUT2D eigenvalue weighted by Crippen LogP contribution is 2.37. The van der Waals surface area contributed by atoms with Crippen molar-refractivity contribution in [1.82, 2.24) is 0 Å². The number of nitrogens with one attached hydrogen (secondary N) is 1. The van der Waals surface area contributed by atoms with Crippen molar-refractivity contribution in [2.45, 2.75) is 44.9 Å². The van der Waals surface area contributed by atoms with Gasteiger partial charge in [0.25, 0.3) is 5.91 Å². The van der Waals surface area contributed by atoms with Gasteiger partial charge >= 0.3 is 0 Å². The molecule has 1 saturated heterocycles. The minimum atomic E-state index is -0.515. The number of rotatable bonds is 4. The van der Waals surface area contributed by atoms with Crippen LogP contribution in [0.1, 0.15) is 53.9 Å². The average molecular weight is 407 g/mol. The summed E-state index contributed by atoms with van der Waals surface area (Å²) in [6, 6.07) is 7.84. The summed E-state index contributed by atoms with van der Waals surface area (Å²) in [5.74, 6) is 0.730. The number of carbonyl (C=O) groups is 1. The second-order valence-electron chi connectivity index (χ2n) is 7.37. The number of hydrogen-bond acceptors (Lipinski definition) is 6. The van der Waals surface area contributed by atoms with Gasteiger partial charge in [-0.3, -0.25) is 4.79 Å². The van der Waals surface area contributed by atoms with Gasteiger partial charge in [-0.1, -0.05) is 0 Å². The molecule has 2 aromatic rings. The van der Waals surface area contributed by atoms with Gasteiger partial charge in [-0.25, -0.2) is 0 Å². The van der Waals surface area contributed by atoms with E-state index in [2.05, 4.69) is 16.3 Å². The molecule has 0 aromatic carbocycles. The molecule has 3 heterocycles. The van der Waals surface area contributed by atoms with Gasteiger partial charge in [0.15, 0.2) is 5.88 Å². The zero-order valence-electron chi connectivity index (χ0n) is 16.2. The molecule has 0 saturated carbocycles. The second-order valence-corrected chi connectivity index (χ2v) is 8.48. The number of furan rings is 1. The predicted molar refractivity (Wildman–Crippen MR) is 113 cm³/mol. The van der Waals surface area contributed by atoms with E-state index in [1.165, 1.54) is 28.7 Å². The zero-order valence-corrected chi connectivity index (χ0v) is 17.0. The van der Waals surface area contributed by atoms with Gasteiger partial charge in [0, 0.05) is 30.1 Å². The first-order valence-corrected chi connectivity index (χ1v) is 10.8. The van der Waals surface area contributed by atoms with E-state index in [1.54, 1.807) is 6.07 Å². The van der Waals surface area contributed by atoms with Gasteiger partial charge in [-0.15, -0.1) is 11.3 Å². The largest absolute Gasteiger partial charge is 0.441 e. The van der Waals surface area contributed by atoms with Crippen molar-refractivity contribution >= 4 is 34.2 Å². The van der Waals surface area contributed by atoms with E-state index in [4.69, 9.17) is 4.42 Å². The van der Waals surface area contributed by atoms with E-state index in [-0.39, 0.29) is 5.57 Å². The normalized spacial score (nSPS) is 16.6. The maximum absolute atomic E-state index is 12.7. The van der Waals surface area contributed by atoms with Crippen LogP contribution in [-0.4, -0.2) is 19.0 Å². The standard InChI is InChI=1S/C22H22N4O2S/c23-13-15(12-16-8-9-20(28-16)26-10-4-1-5-11-26)21(27)25-22-18(14-24)17-6-2-3-7-19(17)29-22/h8-9,12H,1-7,10-11H2,(H,25,27)/b15-12-. The number of amides is 1. The molecule has 0 atom stereocenters. The lowest BCUT2D eigenvalue weighted by molar-refractivity contribution is -0.112. The number of anilines is 2. The Balaban J connectivity index is 1.52. The number of fused-ring (bicyclic) bond motifs is 1. The van der Waals surface area contributed by atoms with E-state index in [0.29, 0.717) is 16.3 Å². The number of nitriles is 2. The highest BCUT2D eigenvalue weighted by Gasteiger charge is 2.23. The summed E-state index contributed by atoms with van der Waals surface area (Å²) in [6.45, 7) is 1.92. The SMILES string of the molecule is N#C/C(=C/c1ccc(N2CCCCC2)o1)C(=O)Nc1sc2c(c1C#N)CCCC2.